The first-order chi connectivity index (χ1) is 11.4. The molecule has 0 aliphatic carbocycles. The van der Waals surface area contributed by atoms with Crippen LogP contribution >= 0.6 is 0 Å². The van der Waals surface area contributed by atoms with Crippen molar-refractivity contribution >= 4 is 16.0 Å². The lowest BCUT2D eigenvalue weighted by molar-refractivity contribution is -0.141. The summed E-state index contributed by atoms with van der Waals surface area (Å²) >= 11 is 0. The van der Waals surface area contributed by atoms with Gasteiger partial charge in [-0.15, -0.1) is 0 Å². The first kappa shape index (κ1) is 16.7. The summed E-state index contributed by atoms with van der Waals surface area (Å²) in [5, 5.41) is 0. The van der Waals surface area contributed by atoms with Crippen molar-refractivity contribution in [2.75, 3.05) is 7.11 Å². The molecule has 5 nitrogen and oxygen atoms in total. The fourth-order valence-corrected chi connectivity index (χ4v) is 4.57. The summed E-state index contributed by atoms with van der Waals surface area (Å²) in [6.45, 7) is 2.16. The quantitative estimate of drug-likeness (QED) is 0.800. The Morgan fingerprint density at radius 3 is 2.50 bits per heavy atom. The van der Waals surface area contributed by atoms with E-state index >= 15 is 0 Å². The number of fused-ring (bicyclic) bond motifs is 1. The normalized spacial score (nSPS) is 17.5. The van der Waals surface area contributed by atoms with Crippen LogP contribution in [-0.2, 0) is 26.1 Å². The molecule has 2 aromatic carbocycles. The minimum atomic E-state index is -3.70. The van der Waals surface area contributed by atoms with Gasteiger partial charge in [0, 0.05) is 6.54 Å². The van der Waals surface area contributed by atoms with E-state index in [4.69, 9.17) is 4.74 Å². The van der Waals surface area contributed by atoms with Gasteiger partial charge in [0.05, 0.1) is 24.5 Å². The average Bonchev–Trinajstić information content (AvgIpc) is 2.94. The van der Waals surface area contributed by atoms with E-state index in [1.165, 1.54) is 11.4 Å². The molecule has 1 aliphatic heterocycles. The number of aryl methyl sites for hydroxylation is 1. The predicted molar refractivity (Wildman–Crippen MR) is 89.7 cm³/mol. The highest BCUT2D eigenvalue weighted by molar-refractivity contribution is 7.89. The van der Waals surface area contributed by atoms with Gasteiger partial charge in [-0.2, -0.15) is 4.31 Å². The number of hydrogen-bond donors (Lipinski definition) is 0. The van der Waals surface area contributed by atoms with Gasteiger partial charge >= 0.3 is 5.97 Å². The molecule has 0 bridgehead atoms. The van der Waals surface area contributed by atoms with Crippen LogP contribution in [0.15, 0.2) is 53.4 Å². The molecule has 126 valence electrons. The Kier molecular flexibility index (Phi) is 4.43. The molecular formula is C18H19NO4S. The summed E-state index contributed by atoms with van der Waals surface area (Å²) in [4.78, 5) is 12.0. The van der Waals surface area contributed by atoms with Crippen LogP contribution in [-0.4, -0.2) is 25.8 Å². The third-order valence-corrected chi connectivity index (χ3v) is 6.17. The van der Waals surface area contributed by atoms with Gasteiger partial charge in [0.2, 0.25) is 10.0 Å². The third kappa shape index (κ3) is 2.95. The Balaban J connectivity index is 2.02. The van der Waals surface area contributed by atoms with Gasteiger partial charge in [-0.25, -0.2) is 8.42 Å². The van der Waals surface area contributed by atoms with Crippen LogP contribution in [0.3, 0.4) is 0 Å². The topological polar surface area (TPSA) is 63.7 Å². The third-order valence-electron chi connectivity index (χ3n) is 4.30. The van der Waals surface area contributed by atoms with Crippen molar-refractivity contribution in [2.45, 2.75) is 30.8 Å². The molecule has 0 radical (unpaired) electrons. The van der Waals surface area contributed by atoms with Crippen LogP contribution < -0.4 is 0 Å². The highest BCUT2D eigenvalue weighted by atomic mass is 32.2. The van der Waals surface area contributed by atoms with Crippen molar-refractivity contribution in [1.82, 2.24) is 4.31 Å². The number of ether oxygens (including phenoxy) is 1. The molecule has 1 unspecified atom stereocenters. The van der Waals surface area contributed by atoms with Crippen LogP contribution in [0.1, 0.15) is 29.2 Å². The van der Waals surface area contributed by atoms with E-state index in [2.05, 4.69) is 0 Å². The number of esters is 1. The number of sulfonamides is 1. The molecule has 0 aromatic heterocycles. The number of carbonyl (C=O) groups excluding carboxylic acids is 1. The van der Waals surface area contributed by atoms with Crippen LogP contribution in [0.25, 0.3) is 0 Å². The van der Waals surface area contributed by atoms with Crippen molar-refractivity contribution in [3.05, 3.63) is 65.2 Å². The first-order valence-electron chi connectivity index (χ1n) is 7.66. The predicted octanol–water partition coefficient (Wildman–Crippen LogP) is 2.80. The standard InChI is InChI=1S/C18H19NO4S/c1-13-7-9-15(10-8-13)24(21,22)19-12-14-5-3-4-6-16(14)17(19)11-18(20)23-2/h3-10,17H,11-12H2,1-2H3. The summed E-state index contributed by atoms with van der Waals surface area (Å²) in [5.41, 5.74) is 2.77. The highest BCUT2D eigenvalue weighted by Crippen LogP contribution is 2.39. The molecule has 24 heavy (non-hydrogen) atoms. The van der Waals surface area contributed by atoms with E-state index in [-0.39, 0.29) is 17.9 Å². The van der Waals surface area contributed by atoms with Gasteiger partial charge in [-0.1, -0.05) is 42.0 Å². The largest absolute Gasteiger partial charge is 0.469 e. The van der Waals surface area contributed by atoms with Crippen molar-refractivity contribution in [3.8, 4) is 0 Å². The molecule has 6 heteroatoms. The fraction of sp³-hybridized carbons (Fsp3) is 0.278. The summed E-state index contributed by atoms with van der Waals surface area (Å²) in [5.74, 6) is -0.430. The lowest BCUT2D eigenvalue weighted by Gasteiger charge is -2.24. The summed E-state index contributed by atoms with van der Waals surface area (Å²) in [6.07, 6.45) is -0.00138. The van der Waals surface area contributed by atoms with E-state index in [0.29, 0.717) is 0 Å². The van der Waals surface area contributed by atoms with E-state index in [9.17, 15) is 13.2 Å². The number of methoxy groups -OCH3 is 1. The Morgan fingerprint density at radius 2 is 1.83 bits per heavy atom. The van der Waals surface area contributed by atoms with E-state index in [1.807, 2.05) is 31.2 Å². The Hall–Kier alpha value is -2.18. The monoisotopic (exact) mass is 345 g/mol. The fourth-order valence-electron chi connectivity index (χ4n) is 2.99. The van der Waals surface area contributed by atoms with Gasteiger partial charge in [0.1, 0.15) is 0 Å². The molecule has 1 aliphatic rings. The Morgan fingerprint density at radius 1 is 1.17 bits per heavy atom. The zero-order chi connectivity index (χ0) is 17.3. The van der Waals surface area contributed by atoms with Gasteiger partial charge < -0.3 is 4.74 Å². The molecule has 0 fully saturated rings. The molecule has 3 rings (SSSR count). The maximum absolute atomic E-state index is 13.1. The zero-order valence-corrected chi connectivity index (χ0v) is 14.4. The first-order valence-corrected chi connectivity index (χ1v) is 9.10. The number of rotatable bonds is 4. The summed E-state index contributed by atoms with van der Waals surface area (Å²) in [6, 6.07) is 13.7. The van der Waals surface area contributed by atoms with Crippen LogP contribution in [0.2, 0.25) is 0 Å². The molecule has 0 spiro atoms. The molecule has 1 heterocycles. The number of carbonyl (C=O) groups is 1. The van der Waals surface area contributed by atoms with Crippen molar-refractivity contribution in [1.29, 1.82) is 0 Å². The molecule has 0 saturated heterocycles. The molecule has 0 amide bonds. The van der Waals surface area contributed by atoms with Gasteiger partial charge in [-0.3, -0.25) is 4.79 Å². The molecule has 2 aromatic rings. The molecule has 0 N–H and O–H groups in total. The van der Waals surface area contributed by atoms with Crippen molar-refractivity contribution in [2.24, 2.45) is 0 Å². The maximum atomic E-state index is 13.1. The van der Waals surface area contributed by atoms with Crippen molar-refractivity contribution in [3.63, 3.8) is 0 Å². The maximum Gasteiger partial charge on any atom is 0.307 e. The molecule has 0 saturated carbocycles. The van der Waals surface area contributed by atoms with Gasteiger partial charge in [-0.05, 0) is 30.2 Å². The van der Waals surface area contributed by atoms with Crippen LogP contribution in [0, 0.1) is 6.92 Å². The number of benzene rings is 2. The second-order valence-electron chi connectivity index (χ2n) is 5.86. The highest BCUT2D eigenvalue weighted by Gasteiger charge is 2.39. The Labute approximate surface area is 141 Å². The minimum absolute atomic E-state index is 0.00138. The zero-order valence-electron chi connectivity index (χ0n) is 13.6. The summed E-state index contributed by atoms with van der Waals surface area (Å²) in [7, 11) is -2.39. The van der Waals surface area contributed by atoms with Crippen LogP contribution in [0.5, 0.6) is 0 Å². The van der Waals surface area contributed by atoms with Crippen molar-refractivity contribution < 1.29 is 17.9 Å². The van der Waals surface area contributed by atoms with Gasteiger partial charge in [0.25, 0.3) is 0 Å². The van der Waals surface area contributed by atoms with E-state index in [1.54, 1.807) is 24.3 Å². The van der Waals surface area contributed by atoms with Gasteiger partial charge in [0.15, 0.2) is 0 Å². The van der Waals surface area contributed by atoms with E-state index < -0.39 is 22.0 Å². The average molecular weight is 345 g/mol. The lowest BCUT2D eigenvalue weighted by Crippen LogP contribution is -2.31. The molecule has 1 atom stereocenters. The lowest BCUT2D eigenvalue weighted by atomic mass is 10.0. The number of hydrogen-bond acceptors (Lipinski definition) is 4. The van der Waals surface area contributed by atoms with Crippen LogP contribution in [0.4, 0.5) is 0 Å². The second-order valence-corrected chi connectivity index (χ2v) is 7.75. The summed E-state index contributed by atoms with van der Waals surface area (Å²) < 4.78 is 32.3. The second kappa shape index (κ2) is 6.37. The minimum Gasteiger partial charge on any atom is -0.469 e. The number of nitrogens with zero attached hydrogens (tertiary/aromatic N) is 1. The SMILES string of the molecule is COC(=O)CC1c2ccccc2CN1S(=O)(=O)c1ccc(C)cc1. The smallest absolute Gasteiger partial charge is 0.307 e. The van der Waals surface area contributed by atoms with E-state index in [0.717, 1.165) is 16.7 Å². The molecular weight excluding hydrogens is 326 g/mol. The Bertz CT molecular complexity index is 859.